The molecule has 7 aromatic carbocycles. The maximum atomic E-state index is 7.09. The standard InChI is InChI=1S/C39H28ClN3O/c40-32-19-20-34-35(30-15-7-8-16-33(30)44-34)36(32)39-42-37(26-18-17-23-9-1-2-10-24(23)21-26)41-38(43-39)31-22-25-11-3-4-12-27(25)28-13-5-6-14-29(28)31/h1-22,37-39,41-43H. The molecule has 3 unspecified atom stereocenters. The van der Waals surface area contributed by atoms with Gasteiger partial charge in [-0.25, -0.2) is 0 Å². The molecule has 0 amide bonds. The quantitative estimate of drug-likeness (QED) is 0.179. The summed E-state index contributed by atoms with van der Waals surface area (Å²) in [4.78, 5) is 0. The molecule has 2 heterocycles. The maximum Gasteiger partial charge on any atom is 0.135 e. The summed E-state index contributed by atoms with van der Waals surface area (Å²) in [5.41, 5.74) is 5.00. The van der Waals surface area contributed by atoms with Gasteiger partial charge in [-0.15, -0.1) is 0 Å². The number of furan rings is 1. The van der Waals surface area contributed by atoms with Gasteiger partial charge in [0.2, 0.25) is 0 Å². The Morgan fingerprint density at radius 1 is 0.477 bits per heavy atom. The molecule has 1 aliphatic rings. The molecular formula is C39H28ClN3O. The second-order valence-electron chi connectivity index (χ2n) is 11.6. The number of hydrogen-bond acceptors (Lipinski definition) is 4. The SMILES string of the molecule is Clc1ccc2oc3ccccc3c2c1C1NC(c2ccc3ccccc3c2)NC(c2cc3ccccc3c3ccccc23)N1. The Morgan fingerprint density at radius 3 is 2.00 bits per heavy atom. The van der Waals surface area contributed by atoms with E-state index in [4.69, 9.17) is 16.0 Å². The van der Waals surface area contributed by atoms with Crippen LogP contribution in [0, 0.1) is 0 Å². The highest BCUT2D eigenvalue weighted by Gasteiger charge is 2.33. The van der Waals surface area contributed by atoms with E-state index in [2.05, 4.69) is 119 Å². The molecule has 5 heteroatoms. The largest absolute Gasteiger partial charge is 0.456 e. The number of rotatable bonds is 3. The van der Waals surface area contributed by atoms with Crippen molar-refractivity contribution in [3.05, 3.63) is 155 Å². The maximum absolute atomic E-state index is 7.09. The summed E-state index contributed by atoms with van der Waals surface area (Å²) in [6.07, 6.45) is -0.623. The number of para-hydroxylation sites is 1. The van der Waals surface area contributed by atoms with Crippen LogP contribution in [-0.2, 0) is 0 Å². The normalized spacial score (nSPS) is 19.0. The lowest BCUT2D eigenvalue weighted by Gasteiger charge is -2.40. The van der Waals surface area contributed by atoms with Crippen LogP contribution in [0.2, 0.25) is 5.02 Å². The Bertz CT molecular complexity index is 2380. The second kappa shape index (κ2) is 10.2. The highest BCUT2D eigenvalue weighted by atomic mass is 35.5. The molecule has 0 saturated carbocycles. The average molecular weight is 590 g/mol. The topological polar surface area (TPSA) is 49.2 Å². The molecule has 1 aliphatic heterocycles. The van der Waals surface area contributed by atoms with Crippen molar-refractivity contribution in [2.75, 3.05) is 0 Å². The Hall–Kier alpha value is -4.71. The Balaban J connectivity index is 1.26. The van der Waals surface area contributed by atoms with Crippen molar-refractivity contribution >= 4 is 65.9 Å². The number of nitrogens with one attached hydrogen (secondary N) is 3. The molecule has 0 bridgehead atoms. The Kier molecular flexibility index (Phi) is 5.96. The molecule has 4 nitrogen and oxygen atoms in total. The molecular weight excluding hydrogens is 562 g/mol. The highest BCUT2D eigenvalue weighted by Crippen LogP contribution is 2.41. The zero-order chi connectivity index (χ0) is 29.2. The molecule has 3 N–H and O–H groups in total. The zero-order valence-electron chi connectivity index (χ0n) is 23.7. The van der Waals surface area contributed by atoms with Crippen LogP contribution in [0.15, 0.2) is 138 Å². The summed E-state index contributed by atoms with van der Waals surface area (Å²) in [5, 5.41) is 21.8. The first-order chi connectivity index (χ1) is 21.7. The number of hydrogen-bond donors (Lipinski definition) is 3. The van der Waals surface area contributed by atoms with Gasteiger partial charge in [0.05, 0.1) is 18.5 Å². The third kappa shape index (κ3) is 4.11. The minimum Gasteiger partial charge on any atom is -0.456 e. The third-order valence-corrected chi connectivity index (χ3v) is 9.37. The van der Waals surface area contributed by atoms with Crippen LogP contribution in [0.25, 0.3) is 54.3 Å². The lowest BCUT2D eigenvalue weighted by atomic mass is 9.94. The summed E-state index contributed by atoms with van der Waals surface area (Å²) < 4.78 is 6.29. The fraction of sp³-hybridized carbons (Fsp3) is 0.0769. The van der Waals surface area contributed by atoms with E-state index in [1.807, 2.05) is 30.3 Å². The predicted molar refractivity (Wildman–Crippen MR) is 182 cm³/mol. The van der Waals surface area contributed by atoms with Gasteiger partial charge in [-0.05, 0) is 73.8 Å². The van der Waals surface area contributed by atoms with E-state index in [1.165, 1.54) is 37.9 Å². The first-order valence-electron chi connectivity index (χ1n) is 15.0. The highest BCUT2D eigenvalue weighted by molar-refractivity contribution is 6.33. The van der Waals surface area contributed by atoms with Gasteiger partial charge in [0.25, 0.3) is 0 Å². The molecule has 3 atom stereocenters. The fourth-order valence-electron chi connectivity index (χ4n) is 6.99. The van der Waals surface area contributed by atoms with Crippen LogP contribution in [0.1, 0.15) is 35.2 Å². The average Bonchev–Trinajstić information content (AvgIpc) is 3.46. The number of halogens is 1. The van der Waals surface area contributed by atoms with Gasteiger partial charge in [-0.2, -0.15) is 0 Å². The minimum atomic E-state index is -0.278. The smallest absolute Gasteiger partial charge is 0.135 e. The van der Waals surface area contributed by atoms with Crippen molar-refractivity contribution in [2.24, 2.45) is 0 Å². The second-order valence-corrected chi connectivity index (χ2v) is 12.0. The molecule has 44 heavy (non-hydrogen) atoms. The first-order valence-corrected chi connectivity index (χ1v) is 15.4. The van der Waals surface area contributed by atoms with Crippen LogP contribution < -0.4 is 16.0 Å². The molecule has 0 spiro atoms. The van der Waals surface area contributed by atoms with Crippen LogP contribution in [-0.4, -0.2) is 0 Å². The van der Waals surface area contributed by atoms with E-state index in [-0.39, 0.29) is 18.5 Å². The summed E-state index contributed by atoms with van der Waals surface area (Å²) in [5.74, 6) is 0. The van der Waals surface area contributed by atoms with Gasteiger partial charge in [0.1, 0.15) is 11.2 Å². The van der Waals surface area contributed by atoms with Crippen LogP contribution in [0.3, 0.4) is 0 Å². The van der Waals surface area contributed by atoms with Crippen LogP contribution in [0.4, 0.5) is 0 Å². The predicted octanol–water partition coefficient (Wildman–Crippen LogP) is 9.88. The lowest BCUT2D eigenvalue weighted by Crippen LogP contribution is -2.54. The van der Waals surface area contributed by atoms with E-state index in [0.717, 1.165) is 33.1 Å². The van der Waals surface area contributed by atoms with Crippen molar-refractivity contribution in [3.63, 3.8) is 0 Å². The fourth-order valence-corrected chi connectivity index (χ4v) is 7.26. The van der Waals surface area contributed by atoms with Crippen molar-refractivity contribution < 1.29 is 4.42 Å². The van der Waals surface area contributed by atoms with E-state index in [1.54, 1.807) is 0 Å². The molecule has 0 radical (unpaired) electrons. The molecule has 1 aromatic heterocycles. The number of fused-ring (bicyclic) bond motifs is 7. The molecule has 8 aromatic rings. The lowest BCUT2D eigenvalue weighted by molar-refractivity contribution is 0.205. The minimum absolute atomic E-state index is 0.162. The van der Waals surface area contributed by atoms with Gasteiger partial charge in [0, 0.05) is 21.4 Å². The van der Waals surface area contributed by atoms with Gasteiger partial charge >= 0.3 is 0 Å². The van der Waals surface area contributed by atoms with E-state index in [0.29, 0.717) is 5.02 Å². The summed E-state index contributed by atoms with van der Waals surface area (Å²) in [7, 11) is 0. The van der Waals surface area contributed by atoms with Gasteiger partial charge < -0.3 is 4.42 Å². The van der Waals surface area contributed by atoms with E-state index < -0.39 is 0 Å². The number of benzene rings is 7. The van der Waals surface area contributed by atoms with Crippen molar-refractivity contribution in [1.82, 2.24) is 16.0 Å². The van der Waals surface area contributed by atoms with Gasteiger partial charge in [-0.3, -0.25) is 16.0 Å². The first kappa shape index (κ1) is 25.8. The summed E-state index contributed by atoms with van der Waals surface area (Å²) in [6, 6.07) is 46.9. The molecule has 1 fully saturated rings. The molecule has 0 aliphatic carbocycles. The van der Waals surface area contributed by atoms with Crippen LogP contribution >= 0.6 is 11.6 Å². The van der Waals surface area contributed by atoms with Crippen molar-refractivity contribution in [1.29, 1.82) is 0 Å². The molecule has 9 rings (SSSR count). The third-order valence-electron chi connectivity index (χ3n) is 9.04. The Morgan fingerprint density at radius 2 is 1.14 bits per heavy atom. The van der Waals surface area contributed by atoms with E-state index in [9.17, 15) is 0 Å². The van der Waals surface area contributed by atoms with Gasteiger partial charge in [0.15, 0.2) is 0 Å². The monoisotopic (exact) mass is 589 g/mol. The summed E-state index contributed by atoms with van der Waals surface area (Å²) in [6.45, 7) is 0. The Labute approximate surface area is 259 Å². The molecule has 212 valence electrons. The van der Waals surface area contributed by atoms with E-state index >= 15 is 0 Å². The van der Waals surface area contributed by atoms with Gasteiger partial charge in [-0.1, -0.05) is 115 Å². The molecule has 1 saturated heterocycles. The summed E-state index contributed by atoms with van der Waals surface area (Å²) >= 11 is 7.09. The van der Waals surface area contributed by atoms with Crippen molar-refractivity contribution in [2.45, 2.75) is 18.5 Å². The zero-order valence-corrected chi connectivity index (χ0v) is 24.5. The van der Waals surface area contributed by atoms with Crippen molar-refractivity contribution in [3.8, 4) is 0 Å². The van der Waals surface area contributed by atoms with Crippen LogP contribution in [0.5, 0.6) is 0 Å².